The minimum absolute atomic E-state index is 0.0119. The fraction of sp³-hybridized carbons (Fsp3) is 0.524. The van der Waals surface area contributed by atoms with Gasteiger partial charge in [-0.3, -0.25) is 5.10 Å². The van der Waals surface area contributed by atoms with E-state index in [1.807, 2.05) is 56.3 Å². The van der Waals surface area contributed by atoms with Crippen molar-refractivity contribution in [2.24, 2.45) is 27.9 Å². The van der Waals surface area contributed by atoms with Gasteiger partial charge in [0.05, 0.1) is 22.0 Å². The number of aromatic amines is 1. The summed E-state index contributed by atoms with van der Waals surface area (Å²) in [5.41, 5.74) is 11.5. The average molecular weight is 780 g/mol. The molecule has 4 fully saturated rings. The van der Waals surface area contributed by atoms with Crippen molar-refractivity contribution in [2.75, 3.05) is 23.9 Å². The number of aliphatic hydroxyl groups is 1. The third-order valence-electron chi connectivity index (χ3n) is 12.5. The summed E-state index contributed by atoms with van der Waals surface area (Å²) >= 11 is 1.54. The van der Waals surface area contributed by atoms with Crippen molar-refractivity contribution in [3.05, 3.63) is 65.1 Å². The molecule has 0 amide bonds. The van der Waals surface area contributed by atoms with E-state index in [0.717, 1.165) is 89.2 Å². The van der Waals surface area contributed by atoms with Crippen molar-refractivity contribution in [2.45, 2.75) is 104 Å². The smallest absolute Gasteiger partial charge is 0.355 e. The summed E-state index contributed by atoms with van der Waals surface area (Å²) in [6.45, 7) is 8.95. The first-order valence-corrected chi connectivity index (χ1v) is 20.6. The van der Waals surface area contributed by atoms with Crippen LogP contribution in [0.25, 0.3) is 21.3 Å². The van der Waals surface area contributed by atoms with Crippen LogP contribution >= 0.6 is 11.3 Å². The summed E-state index contributed by atoms with van der Waals surface area (Å²) in [6.07, 6.45) is 9.15. The standard InChI is InChI=1S/C42H53N9O4S/c1-24-17-33(49-50-37(24)46-39-44-28-11-8-9-12-30(28)56-39)51(5)32-15-14-27(35(45-32)38(53)54)34-25(2)47-48-29(34)20-42-22-40(3)18-26(19-41(4,21-40)23-42)36(42)55-31(43)13-7-6-10-16-52/h8-9,11-12,14-15,17,26,31,36,52H,6-7,10,13,16,18-23,43H2,1-5H3,(H,47,48)(H,53,54)(H,44,46,50). The second-order valence-corrected chi connectivity index (χ2v) is 18.5. The van der Waals surface area contributed by atoms with Crippen LogP contribution in [0.1, 0.15) is 99.1 Å². The topological polar surface area (TPSA) is 188 Å². The quantitative estimate of drug-likeness (QED) is 0.0509. The van der Waals surface area contributed by atoms with Crippen LogP contribution in [-0.4, -0.2) is 72.5 Å². The number of ether oxygens (including phenoxy) is 1. The van der Waals surface area contributed by atoms with Gasteiger partial charge in [-0.25, -0.2) is 14.8 Å². The number of benzene rings is 1. The molecule has 4 bridgehead atoms. The third-order valence-corrected chi connectivity index (χ3v) is 13.4. The van der Waals surface area contributed by atoms with Gasteiger partial charge in [0, 0.05) is 42.3 Å². The van der Waals surface area contributed by atoms with E-state index in [1.54, 1.807) is 23.3 Å². The van der Waals surface area contributed by atoms with Crippen molar-refractivity contribution in [3.63, 3.8) is 0 Å². The molecule has 4 atom stereocenters. The monoisotopic (exact) mass is 779 g/mol. The molecule has 1 aromatic carbocycles. The number of aliphatic hydroxyl groups excluding tert-OH is 1. The molecule has 4 saturated carbocycles. The Morgan fingerprint density at radius 2 is 1.82 bits per heavy atom. The molecular weight excluding hydrogens is 727 g/mol. The first-order valence-electron chi connectivity index (χ1n) is 19.8. The van der Waals surface area contributed by atoms with Gasteiger partial charge in [-0.15, -0.1) is 10.2 Å². The summed E-state index contributed by atoms with van der Waals surface area (Å²) in [5.74, 6) is 0.827. The zero-order valence-electron chi connectivity index (χ0n) is 32.9. The third kappa shape index (κ3) is 7.28. The number of anilines is 4. The van der Waals surface area contributed by atoms with Crippen LogP contribution in [0.3, 0.4) is 0 Å². The van der Waals surface area contributed by atoms with Crippen LogP contribution in [0.15, 0.2) is 42.5 Å². The Morgan fingerprint density at radius 3 is 2.54 bits per heavy atom. The SMILES string of the molecule is Cc1cc(N(C)c2ccc(-c3c(CC45CC6(C)CC(CC(C)(C6)C4)C5OC(N)CCCCCO)n[nH]c3C)c(C(=O)O)n2)nnc1Nc1nc2ccccc2s1. The maximum atomic E-state index is 13.0. The van der Waals surface area contributed by atoms with Gasteiger partial charge < -0.3 is 30.9 Å². The number of nitrogens with zero attached hydrogens (tertiary/aromatic N) is 6. The fourth-order valence-corrected chi connectivity index (χ4v) is 11.9. The van der Waals surface area contributed by atoms with Crippen LogP contribution in [0.2, 0.25) is 0 Å². The lowest BCUT2D eigenvalue weighted by atomic mass is 9.38. The second-order valence-electron chi connectivity index (χ2n) is 17.5. The summed E-state index contributed by atoms with van der Waals surface area (Å²) in [7, 11) is 1.80. The summed E-state index contributed by atoms with van der Waals surface area (Å²) in [6, 6.07) is 13.5. The molecule has 4 aliphatic carbocycles. The van der Waals surface area contributed by atoms with Gasteiger partial charge in [0.2, 0.25) is 0 Å². The average Bonchev–Trinajstić information content (AvgIpc) is 3.72. The first-order chi connectivity index (χ1) is 26.8. The van der Waals surface area contributed by atoms with Gasteiger partial charge in [-0.05, 0) is 118 Å². The van der Waals surface area contributed by atoms with E-state index in [1.165, 1.54) is 6.42 Å². The molecule has 0 spiro atoms. The van der Waals surface area contributed by atoms with E-state index in [9.17, 15) is 15.0 Å². The molecule has 13 nitrogen and oxygen atoms in total. The molecule has 0 saturated heterocycles. The van der Waals surface area contributed by atoms with Crippen LogP contribution in [0.5, 0.6) is 0 Å². The summed E-state index contributed by atoms with van der Waals surface area (Å²) in [4.78, 5) is 24.1. The normalized spacial score (nSPS) is 25.8. The molecule has 296 valence electrons. The number of hydrogen-bond donors (Lipinski definition) is 5. The Labute approximate surface area is 331 Å². The lowest BCUT2D eigenvalue weighted by Gasteiger charge is -2.68. The molecule has 9 rings (SSSR count). The number of nitrogens with one attached hydrogen (secondary N) is 2. The van der Waals surface area contributed by atoms with Crippen LogP contribution in [0, 0.1) is 36.0 Å². The zero-order valence-corrected chi connectivity index (χ0v) is 33.7. The second kappa shape index (κ2) is 14.8. The highest BCUT2D eigenvalue weighted by Gasteiger charge is 2.65. The van der Waals surface area contributed by atoms with E-state index in [-0.39, 0.29) is 40.9 Å². The summed E-state index contributed by atoms with van der Waals surface area (Å²) < 4.78 is 7.96. The number of unbranched alkanes of at least 4 members (excludes halogenated alkanes) is 2. The minimum atomic E-state index is -1.12. The van der Waals surface area contributed by atoms with E-state index in [4.69, 9.17) is 20.6 Å². The maximum Gasteiger partial charge on any atom is 0.355 e. The Kier molecular flexibility index (Phi) is 10.1. The van der Waals surface area contributed by atoms with Crippen molar-refractivity contribution in [1.29, 1.82) is 0 Å². The molecule has 6 N–H and O–H groups in total. The number of carbonyl (C=O) groups is 1. The van der Waals surface area contributed by atoms with E-state index in [0.29, 0.717) is 35.4 Å². The highest BCUT2D eigenvalue weighted by atomic mass is 32.1. The number of H-pyrrole nitrogens is 1. The van der Waals surface area contributed by atoms with Crippen LogP contribution < -0.4 is 16.0 Å². The van der Waals surface area contributed by atoms with Crippen LogP contribution in [0.4, 0.5) is 22.6 Å². The number of para-hydroxylation sites is 1. The van der Waals surface area contributed by atoms with Gasteiger partial charge in [-0.1, -0.05) is 43.7 Å². The number of fused-ring (bicyclic) bond motifs is 1. The Hall–Kier alpha value is -4.50. The van der Waals surface area contributed by atoms with Gasteiger partial charge in [0.1, 0.15) is 12.0 Å². The van der Waals surface area contributed by atoms with Crippen molar-refractivity contribution >= 4 is 50.1 Å². The molecule has 0 radical (unpaired) electrons. The highest BCUT2D eigenvalue weighted by Crippen LogP contribution is 2.71. The zero-order chi connectivity index (χ0) is 39.4. The fourth-order valence-electron chi connectivity index (χ4n) is 11.0. The van der Waals surface area contributed by atoms with Gasteiger partial charge in [0.15, 0.2) is 22.5 Å². The van der Waals surface area contributed by atoms with Crippen LogP contribution in [-0.2, 0) is 11.2 Å². The molecule has 56 heavy (non-hydrogen) atoms. The number of carboxylic acids is 1. The summed E-state index contributed by atoms with van der Waals surface area (Å²) in [5, 5.41) is 40.9. The number of carboxylic acid groups (broad SMARTS) is 1. The Morgan fingerprint density at radius 1 is 1.05 bits per heavy atom. The molecule has 5 aromatic rings. The van der Waals surface area contributed by atoms with Crippen molar-refractivity contribution in [1.82, 2.24) is 30.4 Å². The predicted molar refractivity (Wildman–Crippen MR) is 219 cm³/mol. The van der Waals surface area contributed by atoms with Gasteiger partial charge >= 0.3 is 5.97 Å². The molecule has 4 aromatic heterocycles. The number of pyridine rings is 1. The van der Waals surface area contributed by atoms with Gasteiger partial charge in [-0.2, -0.15) is 5.10 Å². The Bertz CT molecular complexity index is 2200. The number of rotatable bonds is 15. The number of aromatic carboxylic acids is 1. The van der Waals surface area contributed by atoms with E-state index < -0.39 is 5.97 Å². The van der Waals surface area contributed by atoms with Gasteiger partial charge in [0.25, 0.3) is 0 Å². The molecular formula is C42H53N9O4S. The predicted octanol–water partition coefficient (Wildman–Crippen LogP) is 8.07. The lowest BCUT2D eigenvalue weighted by Crippen LogP contribution is -2.64. The molecule has 14 heteroatoms. The number of aryl methyl sites for hydroxylation is 2. The largest absolute Gasteiger partial charge is 0.476 e. The van der Waals surface area contributed by atoms with Crippen molar-refractivity contribution in [3.8, 4) is 11.1 Å². The molecule has 4 unspecified atom stereocenters. The minimum Gasteiger partial charge on any atom is -0.476 e. The highest BCUT2D eigenvalue weighted by molar-refractivity contribution is 7.22. The number of thiazole rings is 1. The molecule has 4 aliphatic rings. The van der Waals surface area contributed by atoms with E-state index in [2.05, 4.69) is 39.4 Å². The number of nitrogens with two attached hydrogens (primary N) is 1. The number of aromatic nitrogens is 6. The number of hydrogen-bond acceptors (Lipinski definition) is 12. The molecule has 4 heterocycles. The van der Waals surface area contributed by atoms with Crippen molar-refractivity contribution < 1.29 is 19.7 Å². The first kappa shape index (κ1) is 38.4. The molecule has 0 aliphatic heterocycles. The lowest BCUT2D eigenvalue weighted by molar-refractivity contribution is -0.243. The maximum absolute atomic E-state index is 13.0. The van der Waals surface area contributed by atoms with E-state index >= 15 is 0 Å². The Balaban J connectivity index is 1.07.